The third kappa shape index (κ3) is 29.7. The van der Waals surface area contributed by atoms with Crippen LogP contribution in [0.4, 0.5) is 39.5 Å². The third-order valence-electron chi connectivity index (χ3n) is 2.08. The molecule has 9 heteroatoms. The average Bonchev–Trinajstić information content (AvgIpc) is 2.59. The topological polar surface area (TPSA) is 0 Å². The van der Waals surface area contributed by atoms with Gasteiger partial charge in [-0.1, -0.05) is 83.1 Å². The van der Waals surface area contributed by atoms with Crippen molar-refractivity contribution in [1.29, 1.82) is 0 Å². The first-order valence-electron chi connectivity index (χ1n) is 10.1. The molecule has 0 aromatic rings. The second kappa shape index (κ2) is 23.6. The Hall–Kier alpha value is -0.630. The maximum atomic E-state index is 12.1. The zero-order valence-corrected chi connectivity index (χ0v) is 20.0. The van der Waals surface area contributed by atoms with Crippen molar-refractivity contribution in [3.05, 3.63) is 0 Å². The summed E-state index contributed by atoms with van der Waals surface area (Å²) in [5, 5.41) is 0. The summed E-state index contributed by atoms with van der Waals surface area (Å²) in [5.41, 5.74) is 0. The van der Waals surface area contributed by atoms with Crippen molar-refractivity contribution in [1.82, 2.24) is 0 Å². The van der Waals surface area contributed by atoms with Crippen LogP contribution in [0.1, 0.15) is 95.9 Å². The minimum atomic E-state index is -5.41. The number of alkyl halides is 9. The second-order valence-corrected chi connectivity index (χ2v) is 5.46. The highest BCUT2D eigenvalue weighted by atomic mass is 19.4. The highest BCUT2D eigenvalue weighted by molar-refractivity contribution is 4.76. The van der Waals surface area contributed by atoms with Crippen LogP contribution in [0.3, 0.4) is 0 Å². The minimum Gasteiger partial charge on any atom is -0.204 e. The van der Waals surface area contributed by atoms with Gasteiger partial charge in [0.25, 0.3) is 0 Å². The molecule has 0 bridgehead atoms. The van der Waals surface area contributed by atoms with E-state index in [0.29, 0.717) is 0 Å². The third-order valence-corrected chi connectivity index (χ3v) is 2.08. The predicted octanol–water partition coefficient (Wildman–Crippen LogP) is 10.3. The van der Waals surface area contributed by atoms with Crippen LogP contribution in [-0.4, -0.2) is 24.4 Å². The highest BCUT2D eigenvalue weighted by Crippen LogP contribution is 2.39. The van der Waals surface area contributed by atoms with Crippen LogP contribution >= 0.6 is 0 Å². The van der Waals surface area contributed by atoms with Crippen LogP contribution in [-0.2, 0) is 0 Å². The van der Waals surface area contributed by atoms with Gasteiger partial charge in [-0.15, -0.1) is 0 Å². The maximum absolute atomic E-state index is 12.1. The molecule has 0 radical (unpaired) electrons. The van der Waals surface area contributed by atoms with Crippen LogP contribution in [0.5, 0.6) is 0 Å². The molecule has 0 unspecified atom stereocenters. The molecule has 0 fully saturated rings. The fraction of sp³-hybridized carbons (Fsp3) is 1.00. The van der Waals surface area contributed by atoms with E-state index in [1.807, 2.05) is 55.4 Å². The Morgan fingerprint density at radius 1 is 0.517 bits per heavy atom. The Morgan fingerprint density at radius 2 is 0.759 bits per heavy atom. The number of halogens is 9. The molecule has 186 valence electrons. The molecule has 29 heavy (non-hydrogen) atoms. The van der Waals surface area contributed by atoms with Gasteiger partial charge in [0.15, 0.2) is 0 Å². The van der Waals surface area contributed by atoms with Crippen LogP contribution < -0.4 is 0 Å². The van der Waals surface area contributed by atoms with Gasteiger partial charge in [0, 0.05) is 12.8 Å². The summed E-state index contributed by atoms with van der Waals surface area (Å²) in [6, 6.07) is 0. The molecule has 0 nitrogen and oxygen atoms in total. The monoisotopic (exact) mass is 454 g/mol. The number of hydrogen-bond donors (Lipinski definition) is 0. The highest BCUT2D eigenvalue weighted by Gasteiger charge is 2.57. The van der Waals surface area contributed by atoms with E-state index in [-0.39, 0.29) is 0 Å². The summed E-state index contributed by atoms with van der Waals surface area (Å²) in [5.74, 6) is -9.41. The van der Waals surface area contributed by atoms with E-state index in [1.165, 1.54) is 27.7 Å². The van der Waals surface area contributed by atoms with Crippen molar-refractivity contribution in [2.45, 2.75) is 120 Å². The molecule has 0 aliphatic carbocycles. The zero-order valence-electron chi connectivity index (χ0n) is 20.0. The molecule has 0 saturated heterocycles. The Labute approximate surface area is 172 Å². The lowest BCUT2D eigenvalue weighted by Gasteiger charge is -2.20. The summed E-state index contributed by atoms with van der Waals surface area (Å²) in [4.78, 5) is 0. The summed E-state index contributed by atoms with van der Waals surface area (Å²) < 4.78 is 105. The molecular formula is C20H43F9. The van der Waals surface area contributed by atoms with Gasteiger partial charge in [0.1, 0.15) is 0 Å². The molecule has 0 aliphatic heterocycles. The van der Waals surface area contributed by atoms with E-state index in [2.05, 4.69) is 0 Å². The lowest BCUT2D eigenvalue weighted by molar-refractivity contribution is -0.287. The van der Waals surface area contributed by atoms with E-state index in [9.17, 15) is 39.5 Å². The summed E-state index contributed by atoms with van der Waals surface area (Å²) in [6.45, 7) is 21.6. The van der Waals surface area contributed by atoms with E-state index in [4.69, 9.17) is 0 Å². The predicted molar refractivity (Wildman–Crippen MR) is 106 cm³/mol. The van der Waals surface area contributed by atoms with Crippen LogP contribution in [0, 0.1) is 11.8 Å². The van der Waals surface area contributed by atoms with Gasteiger partial charge in [0.05, 0.1) is 0 Å². The summed E-state index contributed by atoms with van der Waals surface area (Å²) in [7, 11) is 0. The molecule has 0 aromatic heterocycles. The van der Waals surface area contributed by atoms with Crippen molar-refractivity contribution in [3.8, 4) is 0 Å². The summed E-state index contributed by atoms with van der Waals surface area (Å²) >= 11 is 0. The normalized spacial score (nSPS) is 10.8. The molecule has 0 N–H and O–H groups in total. The molecule has 0 aromatic carbocycles. The van der Waals surface area contributed by atoms with E-state index in [1.54, 1.807) is 0 Å². The van der Waals surface area contributed by atoms with Gasteiger partial charge in [-0.2, -0.15) is 22.0 Å². The quantitative estimate of drug-likeness (QED) is 0.362. The molecular weight excluding hydrogens is 411 g/mol. The van der Waals surface area contributed by atoms with Crippen LogP contribution in [0.25, 0.3) is 0 Å². The lowest BCUT2D eigenvalue weighted by atomic mass is 10.1. The van der Waals surface area contributed by atoms with Crippen molar-refractivity contribution >= 4 is 0 Å². The average molecular weight is 455 g/mol. The maximum Gasteiger partial charge on any atom is 0.453 e. The van der Waals surface area contributed by atoms with Crippen molar-refractivity contribution in [2.75, 3.05) is 0 Å². The van der Waals surface area contributed by atoms with Gasteiger partial charge < -0.3 is 0 Å². The Kier molecular flexibility index (Phi) is 34.6. The SMILES string of the molecule is CC.CC.CC.CC.CC(C)CC(F)(F)C(F)(F)F.CC(C)CC(F)(F)C(F)F. The lowest BCUT2D eigenvalue weighted by Crippen LogP contribution is -2.37. The first-order valence-corrected chi connectivity index (χ1v) is 10.1. The zero-order chi connectivity index (χ0) is 25.6. The Morgan fingerprint density at radius 3 is 0.828 bits per heavy atom. The van der Waals surface area contributed by atoms with E-state index < -0.39 is 49.1 Å². The van der Waals surface area contributed by atoms with Crippen molar-refractivity contribution < 1.29 is 39.5 Å². The van der Waals surface area contributed by atoms with Gasteiger partial charge >= 0.3 is 24.4 Å². The van der Waals surface area contributed by atoms with Crippen LogP contribution in [0.2, 0.25) is 0 Å². The fourth-order valence-electron chi connectivity index (χ4n) is 1.26. The second-order valence-electron chi connectivity index (χ2n) is 5.46. The Bertz CT molecular complexity index is 284. The van der Waals surface area contributed by atoms with Gasteiger partial charge in [-0.3, -0.25) is 0 Å². The van der Waals surface area contributed by atoms with Gasteiger partial charge in [-0.25, -0.2) is 17.6 Å². The molecule has 0 atom stereocenters. The standard InChI is InChI=1S/C6H9F5.C6H10F4.4C2H6/c1-4(2)3-5(7,8)6(9,10)11;1-4(2)3-6(9,10)5(7)8;4*1-2/h4H,3H2,1-2H3;4-5H,3H2,1-2H3;4*1-2H3. The number of rotatable bonds is 5. The molecule has 0 spiro atoms. The van der Waals surface area contributed by atoms with E-state index >= 15 is 0 Å². The number of hydrogen-bond acceptors (Lipinski definition) is 0. The van der Waals surface area contributed by atoms with Crippen molar-refractivity contribution in [2.24, 2.45) is 11.8 Å². The smallest absolute Gasteiger partial charge is 0.204 e. The molecule has 0 rings (SSSR count). The fourth-order valence-corrected chi connectivity index (χ4v) is 1.26. The first kappa shape index (κ1) is 42.5. The van der Waals surface area contributed by atoms with Crippen LogP contribution in [0.15, 0.2) is 0 Å². The molecule has 0 heterocycles. The van der Waals surface area contributed by atoms with Gasteiger partial charge in [0.2, 0.25) is 0 Å². The minimum absolute atomic E-state index is 0.399. The summed E-state index contributed by atoms with van der Waals surface area (Å²) in [6.07, 6.45) is -10.8. The van der Waals surface area contributed by atoms with Gasteiger partial charge in [-0.05, 0) is 11.8 Å². The van der Waals surface area contributed by atoms with Crippen molar-refractivity contribution in [3.63, 3.8) is 0 Å². The first-order chi connectivity index (χ1) is 13.0. The molecule has 0 saturated carbocycles. The van der Waals surface area contributed by atoms with E-state index in [0.717, 1.165) is 0 Å². The Balaban J connectivity index is -0.0000000677. The molecule has 0 amide bonds. The largest absolute Gasteiger partial charge is 0.453 e. The molecule has 0 aliphatic rings.